The summed E-state index contributed by atoms with van der Waals surface area (Å²) in [6.07, 6.45) is 2.41. The second-order valence-electron chi connectivity index (χ2n) is 4.77. The van der Waals surface area contributed by atoms with Crippen molar-refractivity contribution in [3.63, 3.8) is 0 Å². The van der Waals surface area contributed by atoms with Gasteiger partial charge in [0.05, 0.1) is 11.8 Å². The van der Waals surface area contributed by atoms with Crippen LogP contribution in [0.15, 0.2) is 47.2 Å². The zero-order chi connectivity index (χ0) is 15.5. The van der Waals surface area contributed by atoms with Gasteiger partial charge in [0.2, 0.25) is 5.82 Å². The Hall–Kier alpha value is -2.96. The van der Waals surface area contributed by atoms with Crippen LogP contribution in [0, 0.1) is 0 Å². The number of esters is 1. The molecule has 1 aromatic carbocycles. The summed E-state index contributed by atoms with van der Waals surface area (Å²) < 4.78 is 12.0. The van der Waals surface area contributed by atoms with Gasteiger partial charge in [0.1, 0.15) is 0 Å². The van der Waals surface area contributed by atoms with E-state index >= 15 is 0 Å². The van der Waals surface area contributed by atoms with Gasteiger partial charge in [0.15, 0.2) is 6.10 Å². The molecule has 0 bridgehead atoms. The number of carbonyl (C=O) groups excluding carboxylic acids is 1. The molecule has 1 atom stereocenters. The summed E-state index contributed by atoms with van der Waals surface area (Å²) in [5.74, 6) is 0.225. The van der Waals surface area contributed by atoms with Crippen molar-refractivity contribution in [3.8, 4) is 11.5 Å². The molecule has 3 rings (SSSR count). The number of hydrogen-bond acceptors (Lipinski definition) is 6. The van der Waals surface area contributed by atoms with Crippen LogP contribution in [0.4, 0.5) is 0 Å². The highest BCUT2D eigenvalue weighted by molar-refractivity contribution is 5.88. The molecule has 0 N–H and O–H groups in total. The van der Waals surface area contributed by atoms with Gasteiger partial charge in [0.25, 0.3) is 5.89 Å². The van der Waals surface area contributed by atoms with E-state index in [0.29, 0.717) is 17.3 Å². The molecule has 7 nitrogen and oxygen atoms in total. The van der Waals surface area contributed by atoms with Crippen LogP contribution in [0.2, 0.25) is 0 Å². The van der Waals surface area contributed by atoms with E-state index in [2.05, 4.69) is 15.2 Å². The van der Waals surface area contributed by atoms with Crippen molar-refractivity contribution in [1.29, 1.82) is 0 Å². The fraction of sp³-hybridized carbons (Fsp3) is 0.200. The van der Waals surface area contributed by atoms with Crippen LogP contribution < -0.4 is 0 Å². The molecule has 22 heavy (non-hydrogen) atoms. The van der Waals surface area contributed by atoms with Gasteiger partial charge in [-0.2, -0.15) is 10.1 Å². The molecule has 2 aromatic heterocycles. The van der Waals surface area contributed by atoms with Crippen LogP contribution in [0.25, 0.3) is 11.5 Å². The largest absolute Gasteiger partial charge is 0.451 e. The van der Waals surface area contributed by atoms with Crippen LogP contribution in [0.1, 0.15) is 29.2 Å². The lowest BCUT2D eigenvalue weighted by molar-refractivity contribution is 0.0315. The summed E-state index contributed by atoms with van der Waals surface area (Å²) in [7, 11) is 1.73. The number of carbonyl (C=O) groups is 1. The Balaban J connectivity index is 1.72. The van der Waals surface area contributed by atoms with E-state index in [1.165, 1.54) is 10.9 Å². The Morgan fingerprint density at radius 2 is 2.09 bits per heavy atom. The molecule has 0 aliphatic heterocycles. The summed E-state index contributed by atoms with van der Waals surface area (Å²) in [4.78, 5) is 16.2. The fourth-order valence-electron chi connectivity index (χ4n) is 1.91. The predicted octanol–water partition coefficient (Wildman–Crippen LogP) is 2.39. The number of rotatable bonds is 4. The lowest BCUT2D eigenvalue weighted by atomic mass is 10.2. The van der Waals surface area contributed by atoms with Gasteiger partial charge in [-0.25, -0.2) is 4.79 Å². The van der Waals surface area contributed by atoms with Crippen LogP contribution >= 0.6 is 0 Å². The minimum atomic E-state index is -0.617. The number of aromatic nitrogens is 4. The first-order valence-electron chi connectivity index (χ1n) is 6.72. The number of nitrogens with zero attached hydrogens (tertiary/aromatic N) is 4. The number of ether oxygens (including phenoxy) is 1. The van der Waals surface area contributed by atoms with Gasteiger partial charge in [-0.05, 0) is 19.1 Å². The quantitative estimate of drug-likeness (QED) is 0.688. The number of hydrogen-bond donors (Lipinski definition) is 0. The van der Waals surface area contributed by atoms with Crippen LogP contribution in [-0.2, 0) is 11.8 Å². The zero-order valence-corrected chi connectivity index (χ0v) is 12.1. The molecule has 0 amide bonds. The van der Waals surface area contributed by atoms with Gasteiger partial charge in [-0.1, -0.05) is 23.4 Å². The molecule has 3 aromatic rings. The maximum Gasteiger partial charge on any atom is 0.342 e. The van der Waals surface area contributed by atoms with Gasteiger partial charge in [-0.3, -0.25) is 4.68 Å². The van der Waals surface area contributed by atoms with E-state index < -0.39 is 12.1 Å². The molecule has 0 saturated carbocycles. The van der Waals surface area contributed by atoms with Crippen molar-refractivity contribution < 1.29 is 14.1 Å². The van der Waals surface area contributed by atoms with E-state index in [1.807, 2.05) is 30.3 Å². The molecule has 0 aliphatic rings. The predicted molar refractivity (Wildman–Crippen MR) is 76.8 cm³/mol. The lowest BCUT2D eigenvalue weighted by Gasteiger charge is -2.07. The van der Waals surface area contributed by atoms with Gasteiger partial charge < -0.3 is 9.26 Å². The van der Waals surface area contributed by atoms with Crippen molar-refractivity contribution in [2.75, 3.05) is 0 Å². The van der Waals surface area contributed by atoms with E-state index in [1.54, 1.807) is 20.2 Å². The third-order valence-electron chi connectivity index (χ3n) is 3.05. The highest BCUT2D eigenvalue weighted by atomic mass is 16.5. The Kier molecular flexibility index (Phi) is 3.69. The summed E-state index contributed by atoms with van der Waals surface area (Å²) in [6.45, 7) is 1.69. The molecule has 112 valence electrons. The summed E-state index contributed by atoms with van der Waals surface area (Å²) >= 11 is 0. The highest BCUT2D eigenvalue weighted by Gasteiger charge is 2.20. The molecule has 7 heteroatoms. The van der Waals surface area contributed by atoms with Gasteiger partial charge >= 0.3 is 5.97 Å². The first-order valence-corrected chi connectivity index (χ1v) is 6.72. The first kappa shape index (κ1) is 14.0. The standard InChI is InChI=1S/C15H14N4O3/c1-10(21-15(20)12-8-16-19(2)9-12)13-17-14(22-18-13)11-6-4-3-5-7-11/h3-10H,1-2H3/t10-/m1/s1. The molecular formula is C15H14N4O3. The summed E-state index contributed by atoms with van der Waals surface area (Å²) in [5.41, 5.74) is 1.19. The van der Waals surface area contributed by atoms with E-state index in [4.69, 9.17) is 9.26 Å². The number of aryl methyl sites for hydroxylation is 1. The minimum absolute atomic E-state index is 0.316. The molecule has 2 heterocycles. The Bertz CT molecular complexity index is 779. The molecule has 0 radical (unpaired) electrons. The SMILES string of the molecule is C[C@@H](OC(=O)c1cnn(C)c1)c1noc(-c2ccccc2)n1. The van der Waals surface area contributed by atoms with Crippen molar-refractivity contribution in [3.05, 3.63) is 54.1 Å². The molecule has 0 aliphatic carbocycles. The van der Waals surface area contributed by atoms with Gasteiger partial charge in [-0.15, -0.1) is 0 Å². The molecule has 0 spiro atoms. The monoisotopic (exact) mass is 298 g/mol. The number of benzene rings is 1. The van der Waals surface area contributed by atoms with Crippen LogP contribution in [-0.4, -0.2) is 25.9 Å². The zero-order valence-electron chi connectivity index (χ0n) is 12.1. The van der Waals surface area contributed by atoms with E-state index in [-0.39, 0.29) is 0 Å². The second-order valence-corrected chi connectivity index (χ2v) is 4.77. The molecule has 0 saturated heterocycles. The van der Waals surface area contributed by atoms with Crippen molar-refractivity contribution in [2.24, 2.45) is 7.05 Å². The maximum absolute atomic E-state index is 12.0. The summed E-state index contributed by atoms with van der Waals surface area (Å²) in [6, 6.07) is 9.39. The fourth-order valence-corrected chi connectivity index (χ4v) is 1.91. The average Bonchev–Trinajstić information content (AvgIpc) is 3.17. The van der Waals surface area contributed by atoms with Crippen molar-refractivity contribution >= 4 is 5.97 Å². The topological polar surface area (TPSA) is 83.0 Å². The minimum Gasteiger partial charge on any atom is -0.451 e. The normalized spacial score (nSPS) is 12.1. The van der Waals surface area contributed by atoms with Crippen LogP contribution in [0.3, 0.4) is 0 Å². The van der Waals surface area contributed by atoms with Crippen LogP contribution in [0.5, 0.6) is 0 Å². The van der Waals surface area contributed by atoms with Crippen molar-refractivity contribution in [2.45, 2.75) is 13.0 Å². The summed E-state index contributed by atoms with van der Waals surface area (Å²) in [5, 5.41) is 7.79. The maximum atomic E-state index is 12.0. The molecular weight excluding hydrogens is 284 g/mol. The Morgan fingerprint density at radius 1 is 1.32 bits per heavy atom. The highest BCUT2D eigenvalue weighted by Crippen LogP contribution is 2.21. The first-order chi connectivity index (χ1) is 10.6. The Labute approximate surface area is 126 Å². The van der Waals surface area contributed by atoms with E-state index in [9.17, 15) is 4.79 Å². The van der Waals surface area contributed by atoms with E-state index in [0.717, 1.165) is 5.56 Å². The van der Waals surface area contributed by atoms with Gasteiger partial charge in [0, 0.05) is 18.8 Å². The Morgan fingerprint density at radius 3 is 2.77 bits per heavy atom. The lowest BCUT2D eigenvalue weighted by Crippen LogP contribution is -2.09. The van der Waals surface area contributed by atoms with Crippen molar-refractivity contribution in [1.82, 2.24) is 19.9 Å². The second kappa shape index (κ2) is 5.80. The smallest absolute Gasteiger partial charge is 0.342 e. The average molecular weight is 298 g/mol. The molecule has 0 fully saturated rings. The third kappa shape index (κ3) is 2.88. The molecule has 0 unspecified atom stereocenters. The third-order valence-corrected chi connectivity index (χ3v) is 3.05.